The number of halogens is 2. The molecule has 0 aliphatic carbocycles. The molecule has 0 radical (unpaired) electrons. The first-order valence-corrected chi connectivity index (χ1v) is 5.05. The molecule has 0 aromatic heterocycles. The van der Waals surface area contributed by atoms with Crippen LogP contribution in [-0.4, -0.2) is 5.78 Å². The fraction of sp³-hybridized carbons (Fsp3) is 0.417. The number of hydrogen-bond acceptors (Lipinski definition) is 1. The van der Waals surface area contributed by atoms with Crippen LogP contribution in [0.15, 0.2) is 12.1 Å². The van der Waals surface area contributed by atoms with Gasteiger partial charge in [0.1, 0.15) is 0 Å². The predicted molar refractivity (Wildman–Crippen MR) is 55.0 cm³/mol. The molecule has 0 bridgehead atoms. The number of rotatable bonds is 4. The van der Waals surface area contributed by atoms with Gasteiger partial charge < -0.3 is 0 Å². The maximum absolute atomic E-state index is 13.3. The topological polar surface area (TPSA) is 17.1 Å². The number of carbonyl (C=O) groups excluding carboxylic acids is 1. The van der Waals surface area contributed by atoms with Gasteiger partial charge in [0.2, 0.25) is 0 Å². The Morgan fingerprint density at radius 2 is 1.93 bits per heavy atom. The van der Waals surface area contributed by atoms with Gasteiger partial charge in [-0.1, -0.05) is 19.4 Å². The molecule has 15 heavy (non-hydrogen) atoms. The summed E-state index contributed by atoms with van der Waals surface area (Å²) < 4.78 is 26.5. The summed E-state index contributed by atoms with van der Waals surface area (Å²) in [5.41, 5.74) is 0.0890. The predicted octanol–water partition coefficient (Wildman–Crippen LogP) is 3.65. The van der Waals surface area contributed by atoms with Gasteiger partial charge in [-0.05, 0) is 25.0 Å². The monoisotopic (exact) mass is 212 g/mol. The molecule has 1 aromatic rings. The van der Waals surface area contributed by atoms with E-state index in [-0.39, 0.29) is 23.3 Å². The fourth-order valence-electron chi connectivity index (χ4n) is 1.33. The van der Waals surface area contributed by atoms with Crippen molar-refractivity contribution in [3.05, 3.63) is 34.9 Å². The van der Waals surface area contributed by atoms with Crippen molar-refractivity contribution in [2.24, 2.45) is 0 Å². The third-order valence-corrected chi connectivity index (χ3v) is 2.33. The first-order valence-electron chi connectivity index (χ1n) is 5.05. The van der Waals surface area contributed by atoms with Gasteiger partial charge in [-0.3, -0.25) is 4.79 Å². The minimum absolute atomic E-state index is 0.133. The highest BCUT2D eigenvalue weighted by Gasteiger charge is 2.16. The van der Waals surface area contributed by atoms with Crippen LogP contribution in [0.1, 0.15) is 42.1 Å². The van der Waals surface area contributed by atoms with E-state index in [4.69, 9.17) is 0 Å². The Kier molecular flexibility index (Phi) is 3.95. The number of hydrogen-bond donors (Lipinski definition) is 0. The van der Waals surface area contributed by atoms with Crippen LogP contribution in [0.2, 0.25) is 0 Å². The van der Waals surface area contributed by atoms with Crippen LogP contribution < -0.4 is 0 Å². The number of ketones is 1. The van der Waals surface area contributed by atoms with E-state index >= 15 is 0 Å². The summed E-state index contributed by atoms with van der Waals surface area (Å²) in [4.78, 5) is 11.5. The molecule has 82 valence electrons. The van der Waals surface area contributed by atoms with E-state index in [9.17, 15) is 13.6 Å². The van der Waals surface area contributed by atoms with Gasteiger partial charge in [0.05, 0.1) is 5.56 Å². The van der Waals surface area contributed by atoms with Crippen LogP contribution in [0.25, 0.3) is 0 Å². The zero-order chi connectivity index (χ0) is 11.4. The van der Waals surface area contributed by atoms with Crippen molar-refractivity contribution in [1.29, 1.82) is 0 Å². The van der Waals surface area contributed by atoms with E-state index in [2.05, 4.69) is 0 Å². The summed E-state index contributed by atoms with van der Waals surface area (Å²) >= 11 is 0. The second-order valence-corrected chi connectivity index (χ2v) is 3.58. The molecule has 0 unspecified atom stereocenters. The SMILES string of the molecule is CCCCC(=O)c1ccc(C)c(F)c1F. The van der Waals surface area contributed by atoms with Crippen molar-refractivity contribution < 1.29 is 13.6 Å². The van der Waals surface area contributed by atoms with E-state index in [0.29, 0.717) is 6.42 Å². The molecular weight excluding hydrogens is 198 g/mol. The zero-order valence-corrected chi connectivity index (χ0v) is 8.94. The van der Waals surface area contributed by atoms with Crippen molar-refractivity contribution in [1.82, 2.24) is 0 Å². The van der Waals surface area contributed by atoms with Crippen molar-refractivity contribution in [2.45, 2.75) is 33.1 Å². The first-order chi connectivity index (χ1) is 7.07. The molecule has 1 rings (SSSR count). The Bertz CT molecular complexity index is 372. The Morgan fingerprint density at radius 1 is 1.27 bits per heavy atom. The van der Waals surface area contributed by atoms with E-state index in [0.717, 1.165) is 6.42 Å². The summed E-state index contributed by atoms with van der Waals surface area (Å²) in [6, 6.07) is 2.78. The number of carbonyl (C=O) groups is 1. The average Bonchev–Trinajstić information content (AvgIpc) is 2.23. The van der Waals surface area contributed by atoms with Gasteiger partial charge in [-0.2, -0.15) is 0 Å². The molecular formula is C12H14F2O. The smallest absolute Gasteiger partial charge is 0.169 e. The molecule has 1 nitrogen and oxygen atoms in total. The van der Waals surface area contributed by atoms with Crippen molar-refractivity contribution in [3.63, 3.8) is 0 Å². The van der Waals surface area contributed by atoms with E-state index < -0.39 is 11.6 Å². The summed E-state index contributed by atoms with van der Waals surface area (Å²) in [7, 11) is 0. The standard InChI is InChI=1S/C12H14F2O/c1-3-4-5-10(15)9-7-6-8(2)11(13)12(9)14/h6-7H,3-5H2,1-2H3. The second-order valence-electron chi connectivity index (χ2n) is 3.58. The van der Waals surface area contributed by atoms with Crippen molar-refractivity contribution in [3.8, 4) is 0 Å². The van der Waals surface area contributed by atoms with Crippen LogP contribution >= 0.6 is 0 Å². The Balaban J connectivity index is 2.95. The summed E-state index contributed by atoms with van der Waals surface area (Å²) in [5.74, 6) is -2.26. The van der Waals surface area contributed by atoms with Crippen molar-refractivity contribution >= 4 is 5.78 Å². The minimum Gasteiger partial charge on any atom is -0.294 e. The van der Waals surface area contributed by atoms with E-state index in [1.807, 2.05) is 6.92 Å². The lowest BCUT2D eigenvalue weighted by molar-refractivity contribution is 0.0975. The molecule has 0 aliphatic rings. The molecule has 0 N–H and O–H groups in total. The second kappa shape index (κ2) is 5.01. The summed E-state index contributed by atoms with van der Waals surface area (Å²) in [6.45, 7) is 3.41. The third kappa shape index (κ3) is 2.61. The lowest BCUT2D eigenvalue weighted by Gasteiger charge is -2.04. The highest BCUT2D eigenvalue weighted by molar-refractivity contribution is 5.96. The molecule has 1 aromatic carbocycles. The Labute approximate surface area is 88.1 Å². The molecule has 0 amide bonds. The number of aryl methyl sites for hydroxylation is 1. The van der Waals surface area contributed by atoms with Gasteiger partial charge in [-0.15, -0.1) is 0 Å². The van der Waals surface area contributed by atoms with Crippen LogP contribution in [0.3, 0.4) is 0 Å². The van der Waals surface area contributed by atoms with Gasteiger partial charge >= 0.3 is 0 Å². The fourth-order valence-corrected chi connectivity index (χ4v) is 1.33. The molecule has 0 spiro atoms. The number of benzene rings is 1. The van der Waals surface area contributed by atoms with Crippen LogP contribution in [0.5, 0.6) is 0 Å². The number of Topliss-reactive ketones (excluding diaryl/α,β-unsaturated/α-hetero) is 1. The lowest BCUT2D eigenvalue weighted by Crippen LogP contribution is -2.05. The molecule has 0 fully saturated rings. The maximum Gasteiger partial charge on any atom is 0.169 e. The van der Waals surface area contributed by atoms with Gasteiger partial charge in [0.25, 0.3) is 0 Å². The lowest BCUT2D eigenvalue weighted by atomic mass is 10.0. The van der Waals surface area contributed by atoms with Crippen molar-refractivity contribution in [2.75, 3.05) is 0 Å². The Morgan fingerprint density at radius 3 is 2.53 bits per heavy atom. The normalized spacial score (nSPS) is 10.4. The molecule has 0 atom stereocenters. The van der Waals surface area contributed by atoms with Crippen LogP contribution in [-0.2, 0) is 0 Å². The zero-order valence-electron chi connectivity index (χ0n) is 8.94. The third-order valence-electron chi connectivity index (χ3n) is 2.33. The molecule has 3 heteroatoms. The van der Waals surface area contributed by atoms with E-state index in [1.165, 1.54) is 19.1 Å². The average molecular weight is 212 g/mol. The summed E-state index contributed by atoms with van der Waals surface area (Å²) in [6.07, 6.45) is 1.84. The molecule has 0 saturated carbocycles. The number of unbranched alkanes of at least 4 members (excludes halogenated alkanes) is 1. The van der Waals surface area contributed by atoms with Gasteiger partial charge in [-0.25, -0.2) is 8.78 Å². The quantitative estimate of drug-likeness (QED) is 0.696. The van der Waals surface area contributed by atoms with E-state index in [1.54, 1.807) is 0 Å². The highest BCUT2D eigenvalue weighted by Crippen LogP contribution is 2.17. The summed E-state index contributed by atoms with van der Waals surface area (Å²) in [5, 5.41) is 0. The van der Waals surface area contributed by atoms with Gasteiger partial charge in [0, 0.05) is 6.42 Å². The largest absolute Gasteiger partial charge is 0.294 e. The highest BCUT2D eigenvalue weighted by atomic mass is 19.2. The first kappa shape index (κ1) is 11.8. The van der Waals surface area contributed by atoms with Crippen LogP contribution in [0.4, 0.5) is 8.78 Å². The molecule has 0 saturated heterocycles. The molecule has 0 aliphatic heterocycles. The van der Waals surface area contributed by atoms with Crippen LogP contribution in [0, 0.1) is 18.6 Å². The van der Waals surface area contributed by atoms with Gasteiger partial charge in [0.15, 0.2) is 17.4 Å². The minimum atomic E-state index is -1.02. The Hall–Kier alpha value is -1.25. The molecule has 0 heterocycles. The maximum atomic E-state index is 13.3.